The summed E-state index contributed by atoms with van der Waals surface area (Å²) in [4.78, 5) is 11.1. The second-order valence-electron chi connectivity index (χ2n) is 4.07. The molecule has 1 aliphatic carbocycles. The molecular formula is C9H14F2N2O. The number of carbonyl (C=O) groups excluding carboxylic acids is 1. The molecule has 3 fully saturated rings. The summed E-state index contributed by atoms with van der Waals surface area (Å²) in [5.41, 5.74) is 0. The maximum atomic E-state index is 12.9. The van der Waals surface area contributed by atoms with Crippen molar-refractivity contribution < 1.29 is 13.6 Å². The molecule has 2 saturated heterocycles. The predicted molar refractivity (Wildman–Crippen MR) is 47.1 cm³/mol. The van der Waals surface area contributed by atoms with Gasteiger partial charge in [0.15, 0.2) is 0 Å². The molecule has 0 aromatic heterocycles. The lowest BCUT2D eigenvalue weighted by atomic mass is 9.80. The third-order valence-corrected chi connectivity index (χ3v) is 3.21. The highest BCUT2D eigenvalue weighted by Gasteiger charge is 2.49. The molecule has 5 heteroatoms. The molecule has 3 rings (SSSR count). The molecule has 2 aliphatic heterocycles. The van der Waals surface area contributed by atoms with E-state index in [1.54, 1.807) is 0 Å². The zero-order valence-electron chi connectivity index (χ0n) is 8.02. The van der Waals surface area contributed by atoms with Crippen LogP contribution in [0.3, 0.4) is 0 Å². The second kappa shape index (κ2) is 3.15. The van der Waals surface area contributed by atoms with E-state index in [2.05, 4.69) is 10.6 Å². The molecule has 0 spiro atoms. The average Bonchev–Trinajstić information content (AvgIpc) is 2.74. The fourth-order valence-corrected chi connectivity index (χ4v) is 2.11. The molecule has 2 bridgehead atoms. The summed E-state index contributed by atoms with van der Waals surface area (Å²) in [5.74, 6) is -3.98. The van der Waals surface area contributed by atoms with E-state index in [-0.39, 0.29) is 12.1 Å². The normalized spacial score (nSPS) is 35.2. The second-order valence-corrected chi connectivity index (χ2v) is 4.07. The number of fused-ring (bicyclic) bond motifs is 1. The molecule has 0 radical (unpaired) electrons. The van der Waals surface area contributed by atoms with Gasteiger partial charge in [-0.05, 0) is 12.3 Å². The summed E-state index contributed by atoms with van der Waals surface area (Å²) in [7, 11) is 0. The highest BCUT2D eigenvalue weighted by Crippen LogP contribution is 2.34. The number of carbonyl (C=O) groups is 1. The molecule has 1 amide bonds. The number of rotatable bonds is 3. The number of halogens is 2. The van der Waals surface area contributed by atoms with Crippen molar-refractivity contribution in [3.05, 3.63) is 0 Å². The Bertz CT molecular complexity index is 243. The van der Waals surface area contributed by atoms with Gasteiger partial charge in [0.1, 0.15) is 0 Å². The molecule has 14 heavy (non-hydrogen) atoms. The van der Waals surface area contributed by atoms with Gasteiger partial charge >= 0.3 is 5.92 Å². The van der Waals surface area contributed by atoms with Gasteiger partial charge in [0.2, 0.25) is 0 Å². The summed E-state index contributed by atoms with van der Waals surface area (Å²) < 4.78 is 25.8. The van der Waals surface area contributed by atoms with E-state index in [1.807, 2.05) is 0 Å². The van der Waals surface area contributed by atoms with Crippen LogP contribution in [0.2, 0.25) is 0 Å². The monoisotopic (exact) mass is 204 g/mol. The van der Waals surface area contributed by atoms with Crippen molar-refractivity contribution >= 4 is 5.91 Å². The fraction of sp³-hybridized carbons (Fsp3) is 0.889. The molecule has 3 aliphatic rings. The standard InChI is InChI=1S/C9H14F2N2O/c1-2-9(10,11)8(14)13-7-5-3-6(7)12-4-5/h5-7,12H,2-4H2,1H3,(H,13,14). The maximum absolute atomic E-state index is 12.9. The van der Waals surface area contributed by atoms with Crippen LogP contribution < -0.4 is 10.6 Å². The van der Waals surface area contributed by atoms with E-state index in [1.165, 1.54) is 6.92 Å². The first kappa shape index (κ1) is 9.83. The zero-order valence-corrected chi connectivity index (χ0v) is 8.02. The van der Waals surface area contributed by atoms with Gasteiger partial charge in [0, 0.05) is 25.0 Å². The smallest absolute Gasteiger partial charge is 0.324 e. The summed E-state index contributed by atoms with van der Waals surface area (Å²) in [6.45, 7) is 2.15. The number of nitrogens with one attached hydrogen (secondary N) is 2. The first-order valence-electron chi connectivity index (χ1n) is 4.97. The molecule has 3 unspecified atom stereocenters. The minimum absolute atomic E-state index is 0.0695. The first-order valence-corrected chi connectivity index (χ1v) is 4.97. The molecule has 3 nitrogen and oxygen atoms in total. The van der Waals surface area contributed by atoms with Crippen LogP contribution in [0.25, 0.3) is 0 Å². The summed E-state index contributed by atoms with van der Waals surface area (Å²) in [6.07, 6.45) is 0.566. The summed E-state index contributed by atoms with van der Waals surface area (Å²) in [5, 5.41) is 5.58. The van der Waals surface area contributed by atoms with E-state index in [4.69, 9.17) is 0 Å². The fourth-order valence-electron chi connectivity index (χ4n) is 2.11. The van der Waals surface area contributed by atoms with E-state index < -0.39 is 18.3 Å². The van der Waals surface area contributed by atoms with Gasteiger partial charge in [0.05, 0.1) is 0 Å². The maximum Gasteiger partial charge on any atom is 0.324 e. The summed E-state index contributed by atoms with van der Waals surface area (Å²) >= 11 is 0. The van der Waals surface area contributed by atoms with Gasteiger partial charge in [-0.2, -0.15) is 8.78 Å². The van der Waals surface area contributed by atoms with Crippen LogP contribution in [0.5, 0.6) is 0 Å². The lowest BCUT2D eigenvalue weighted by molar-refractivity contribution is -0.147. The third-order valence-electron chi connectivity index (χ3n) is 3.21. The number of alkyl halides is 2. The van der Waals surface area contributed by atoms with Crippen molar-refractivity contribution in [1.82, 2.24) is 10.6 Å². The topological polar surface area (TPSA) is 41.1 Å². The van der Waals surface area contributed by atoms with Gasteiger partial charge < -0.3 is 10.6 Å². The Morgan fingerprint density at radius 1 is 1.64 bits per heavy atom. The summed E-state index contributed by atoms with van der Waals surface area (Å²) in [6, 6.07) is 0.150. The van der Waals surface area contributed by atoms with Crippen LogP contribution in [0.15, 0.2) is 0 Å². The Hall–Kier alpha value is -0.710. The lowest BCUT2D eigenvalue weighted by Crippen LogP contribution is -2.57. The average molecular weight is 204 g/mol. The molecule has 80 valence electrons. The van der Waals surface area contributed by atoms with Crippen molar-refractivity contribution in [2.45, 2.75) is 37.8 Å². The molecule has 1 saturated carbocycles. The molecule has 0 aromatic rings. The Balaban J connectivity index is 1.89. The SMILES string of the molecule is CCC(F)(F)C(=O)NC1C2CNC1C2. The highest BCUT2D eigenvalue weighted by molar-refractivity contribution is 5.83. The van der Waals surface area contributed by atoms with Crippen LogP contribution in [0.1, 0.15) is 19.8 Å². The zero-order chi connectivity index (χ0) is 10.3. The van der Waals surface area contributed by atoms with Crippen molar-refractivity contribution in [2.24, 2.45) is 5.92 Å². The van der Waals surface area contributed by atoms with Crippen LogP contribution in [0, 0.1) is 5.92 Å². The van der Waals surface area contributed by atoms with Gasteiger partial charge in [-0.15, -0.1) is 0 Å². The van der Waals surface area contributed by atoms with Crippen LogP contribution in [-0.4, -0.2) is 30.5 Å². The van der Waals surface area contributed by atoms with Gasteiger partial charge in [-0.25, -0.2) is 0 Å². The van der Waals surface area contributed by atoms with Crippen molar-refractivity contribution in [2.75, 3.05) is 6.54 Å². The van der Waals surface area contributed by atoms with Gasteiger partial charge in [-0.1, -0.05) is 6.92 Å². The van der Waals surface area contributed by atoms with Crippen LogP contribution in [0.4, 0.5) is 8.78 Å². The molecule has 0 aromatic carbocycles. The number of hydrogen-bond donors (Lipinski definition) is 2. The highest BCUT2D eigenvalue weighted by atomic mass is 19.3. The Kier molecular flexibility index (Phi) is 2.21. The van der Waals surface area contributed by atoms with Crippen molar-refractivity contribution in [3.8, 4) is 0 Å². The quantitative estimate of drug-likeness (QED) is 0.703. The largest absolute Gasteiger partial charge is 0.346 e. The molecule has 3 atom stereocenters. The number of amides is 1. The Labute approximate surface area is 81.2 Å². The van der Waals surface area contributed by atoms with E-state index >= 15 is 0 Å². The van der Waals surface area contributed by atoms with E-state index in [0.29, 0.717) is 5.92 Å². The predicted octanol–water partition coefficient (Wildman–Crippen LogP) is 0.508. The first-order chi connectivity index (χ1) is 6.54. The molecular weight excluding hydrogens is 190 g/mol. The minimum atomic E-state index is -3.21. The lowest BCUT2D eigenvalue weighted by Gasteiger charge is -2.35. The van der Waals surface area contributed by atoms with Gasteiger partial charge in [0.25, 0.3) is 5.91 Å². The van der Waals surface area contributed by atoms with Gasteiger partial charge in [-0.3, -0.25) is 4.79 Å². The van der Waals surface area contributed by atoms with Crippen molar-refractivity contribution in [3.63, 3.8) is 0 Å². The molecule has 2 N–H and O–H groups in total. The van der Waals surface area contributed by atoms with E-state index in [9.17, 15) is 13.6 Å². The van der Waals surface area contributed by atoms with E-state index in [0.717, 1.165) is 13.0 Å². The van der Waals surface area contributed by atoms with Crippen LogP contribution >= 0.6 is 0 Å². The Morgan fingerprint density at radius 2 is 2.36 bits per heavy atom. The number of hydrogen-bond acceptors (Lipinski definition) is 2. The third kappa shape index (κ3) is 1.39. The van der Waals surface area contributed by atoms with Crippen LogP contribution in [-0.2, 0) is 4.79 Å². The Morgan fingerprint density at radius 3 is 2.79 bits per heavy atom. The minimum Gasteiger partial charge on any atom is -0.346 e. The molecule has 2 heterocycles. The van der Waals surface area contributed by atoms with Crippen molar-refractivity contribution in [1.29, 1.82) is 0 Å².